The predicted octanol–water partition coefficient (Wildman–Crippen LogP) is 3.39. The minimum Gasteiger partial charge on any atom is -0.444 e. The van der Waals surface area contributed by atoms with Crippen molar-refractivity contribution in [3.8, 4) is 0 Å². The molecule has 0 aromatic carbocycles. The van der Waals surface area contributed by atoms with Crippen LogP contribution in [-0.4, -0.2) is 52.6 Å². The molecule has 1 N–H and O–H groups in total. The Hall–Kier alpha value is -1.88. The average Bonchev–Trinajstić information content (AvgIpc) is 3.22. The molecule has 11 heteroatoms. The second-order valence-corrected chi connectivity index (χ2v) is 8.88. The first-order valence-electron chi connectivity index (χ1n) is 9.69. The molecule has 0 radical (unpaired) electrons. The molecule has 1 saturated carbocycles. The van der Waals surface area contributed by atoms with Crippen molar-refractivity contribution in [2.24, 2.45) is 0 Å². The molecule has 4 unspecified atom stereocenters. The van der Waals surface area contributed by atoms with Crippen LogP contribution in [0.3, 0.4) is 0 Å². The van der Waals surface area contributed by atoms with Gasteiger partial charge in [0.25, 0.3) is 0 Å². The topological polar surface area (TPSA) is 95.7 Å². The maximum absolute atomic E-state index is 12.2. The van der Waals surface area contributed by atoms with Gasteiger partial charge in [0.2, 0.25) is 11.8 Å². The minimum absolute atomic E-state index is 0.0831. The lowest BCUT2D eigenvalue weighted by Gasteiger charge is -2.32. The summed E-state index contributed by atoms with van der Waals surface area (Å²) < 4.78 is 57.6. The second-order valence-electron chi connectivity index (χ2n) is 8.88. The minimum atomic E-state index is -4.63. The third-order valence-electron chi connectivity index (χ3n) is 5.44. The van der Waals surface area contributed by atoms with Crippen molar-refractivity contribution in [3.63, 3.8) is 0 Å². The summed E-state index contributed by atoms with van der Waals surface area (Å²) in [4.78, 5) is 12.0. The first-order valence-corrected chi connectivity index (χ1v) is 9.69. The predicted molar refractivity (Wildman–Crippen MR) is 91.0 cm³/mol. The molecular weight excluding hydrogens is 395 g/mol. The number of alkyl carbamates (subject to hydrolysis) is 1. The number of nitrogens with one attached hydrogen (secondary N) is 1. The van der Waals surface area contributed by atoms with Gasteiger partial charge in [-0.25, -0.2) is 4.79 Å². The largest absolute Gasteiger partial charge is 0.522 e. The lowest BCUT2D eigenvalue weighted by molar-refractivity contribution is -0.352. The van der Waals surface area contributed by atoms with E-state index >= 15 is 0 Å². The van der Waals surface area contributed by atoms with E-state index in [-0.39, 0.29) is 42.9 Å². The zero-order valence-corrected chi connectivity index (χ0v) is 16.4. The quantitative estimate of drug-likeness (QED) is 0.799. The fourth-order valence-corrected chi connectivity index (χ4v) is 4.14. The van der Waals surface area contributed by atoms with Crippen molar-refractivity contribution >= 4 is 6.09 Å². The lowest BCUT2D eigenvalue weighted by atomic mass is 9.82. The van der Waals surface area contributed by atoms with Gasteiger partial charge in [-0.05, 0) is 46.5 Å². The van der Waals surface area contributed by atoms with Gasteiger partial charge < -0.3 is 19.2 Å². The number of alkyl halides is 3. The maximum atomic E-state index is 12.2. The van der Waals surface area contributed by atoms with Crippen LogP contribution >= 0.6 is 0 Å². The first kappa shape index (κ1) is 20.4. The van der Waals surface area contributed by atoms with Crippen LogP contribution in [0, 0.1) is 0 Å². The summed E-state index contributed by atoms with van der Waals surface area (Å²) in [6.07, 6.45) is -4.64. The van der Waals surface area contributed by atoms with Crippen LogP contribution in [0.2, 0.25) is 0 Å². The van der Waals surface area contributed by atoms with E-state index in [1.54, 1.807) is 20.8 Å². The molecule has 29 heavy (non-hydrogen) atoms. The summed E-state index contributed by atoms with van der Waals surface area (Å²) in [5.74, 6) is 0.474. The Morgan fingerprint density at radius 3 is 2.34 bits per heavy atom. The molecule has 2 bridgehead atoms. The van der Waals surface area contributed by atoms with E-state index < -0.39 is 24.2 Å². The summed E-state index contributed by atoms with van der Waals surface area (Å²) in [5.41, 5.74) is -0.572. The number of nitrogens with zero attached hydrogens (tertiary/aromatic N) is 2. The molecule has 1 aromatic heterocycles. The number of hydrogen-bond donors (Lipinski definition) is 1. The van der Waals surface area contributed by atoms with Crippen LogP contribution in [0.1, 0.15) is 70.1 Å². The van der Waals surface area contributed by atoms with Crippen molar-refractivity contribution in [3.05, 3.63) is 11.8 Å². The molecule has 2 saturated heterocycles. The van der Waals surface area contributed by atoms with E-state index in [4.69, 9.17) is 13.9 Å². The lowest BCUT2D eigenvalue weighted by Crippen LogP contribution is -2.44. The molecule has 3 aliphatic rings. The Bertz CT molecular complexity index is 757. The van der Waals surface area contributed by atoms with E-state index in [0.29, 0.717) is 24.6 Å². The van der Waals surface area contributed by atoms with E-state index in [0.717, 1.165) is 0 Å². The molecule has 3 heterocycles. The Labute approximate surface area is 165 Å². The van der Waals surface area contributed by atoms with Gasteiger partial charge in [-0.3, -0.25) is 4.74 Å². The Morgan fingerprint density at radius 1 is 1.07 bits per heavy atom. The first-order chi connectivity index (χ1) is 13.5. The third-order valence-corrected chi connectivity index (χ3v) is 5.44. The molecule has 1 amide bonds. The second kappa shape index (κ2) is 7.12. The van der Waals surface area contributed by atoms with E-state index in [9.17, 15) is 18.0 Å². The Morgan fingerprint density at radius 2 is 1.76 bits per heavy atom. The Kier molecular flexibility index (Phi) is 5.01. The third kappa shape index (κ3) is 4.66. The molecule has 0 spiro atoms. The molecule has 162 valence electrons. The number of halogens is 3. The summed E-state index contributed by atoms with van der Waals surface area (Å²) in [6.45, 7) is 5.39. The van der Waals surface area contributed by atoms with Crippen molar-refractivity contribution < 1.29 is 36.6 Å². The number of carbonyl (C=O) groups is 1. The van der Waals surface area contributed by atoms with Crippen LogP contribution in [0.25, 0.3) is 0 Å². The van der Waals surface area contributed by atoms with E-state index in [1.807, 2.05) is 0 Å². The highest BCUT2D eigenvalue weighted by Gasteiger charge is 2.51. The normalized spacial score (nSPS) is 34.1. The van der Waals surface area contributed by atoms with E-state index in [1.165, 1.54) is 0 Å². The maximum Gasteiger partial charge on any atom is 0.522 e. The van der Waals surface area contributed by atoms with Gasteiger partial charge in [-0.2, -0.15) is 0 Å². The zero-order valence-electron chi connectivity index (χ0n) is 16.4. The zero-order chi connectivity index (χ0) is 21.0. The van der Waals surface area contributed by atoms with Gasteiger partial charge >= 0.3 is 12.5 Å². The van der Waals surface area contributed by atoms with Crippen LogP contribution in [0.4, 0.5) is 18.0 Å². The van der Waals surface area contributed by atoms with Gasteiger partial charge in [0, 0.05) is 5.92 Å². The molecule has 1 aliphatic carbocycles. The van der Waals surface area contributed by atoms with Gasteiger partial charge in [0.05, 0.1) is 30.3 Å². The number of fused-ring (bicyclic) bond motifs is 2. The van der Waals surface area contributed by atoms with Gasteiger partial charge in [0.1, 0.15) is 5.60 Å². The van der Waals surface area contributed by atoms with Crippen molar-refractivity contribution in [1.82, 2.24) is 15.5 Å². The summed E-state index contributed by atoms with van der Waals surface area (Å²) in [5, 5.41) is 10.9. The number of amides is 1. The summed E-state index contributed by atoms with van der Waals surface area (Å²) in [7, 11) is 0. The number of rotatable bonds is 4. The number of carbonyl (C=O) groups excluding carboxylic acids is 1. The van der Waals surface area contributed by atoms with Crippen molar-refractivity contribution in [2.45, 2.75) is 94.6 Å². The average molecular weight is 419 g/mol. The van der Waals surface area contributed by atoms with E-state index in [2.05, 4.69) is 20.3 Å². The van der Waals surface area contributed by atoms with Crippen molar-refractivity contribution in [2.75, 3.05) is 0 Å². The van der Waals surface area contributed by atoms with Crippen LogP contribution in [-0.2, 0) is 14.2 Å². The van der Waals surface area contributed by atoms with Gasteiger partial charge in [0.15, 0.2) is 0 Å². The molecule has 4 atom stereocenters. The summed E-state index contributed by atoms with van der Waals surface area (Å²) in [6, 6.07) is -0.139. The molecule has 3 fully saturated rings. The fourth-order valence-electron chi connectivity index (χ4n) is 4.14. The number of aromatic nitrogens is 2. The fraction of sp³-hybridized carbons (Fsp3) is 0.833. The number of hydrogen-bond acceptors (Lipinski definition) is 7. The highest BCUT2D eigenvalue weighted by Crippen LogP contribution is 2.46. The van der Waals surface area contributed by atoms with Gasteiger partial charge in [-0.1, -0.05) is 0 Å². The van der Waals surface area contributed by atoms with Gasteiger partial charge in [-0.15, -0.1) is 23.4 Å². The van der Waals surface area contributed by atoms with Crippen LogP contribution in [0.5, 0.6) is 0 Å². The molecule has 8 nitrogen and oxygen atoms in total. The highest BCUT2D eigenvalue weighted by molar-refractivity contribution is 5.68. The molecule has 4 rings (SSSR count). The highest BCUT2D eigenvalue weighted by atomic mass is 19.4. The van der Waals surface area contributed by atoms with Crippen molar-refractivity contribution in [1.29, 1.82) is 0 Å². The Balaban J connectivity index is 1.28. The molecule has 2 aliphatic heterocycles. The van der Waals surface area contributed by atoms with Crippen LogP contribution in [0.15, 0.2) is 4.42 Å². The molecular formula is C18H24F3N3O5. The monoisotopic (exact) mass is 419 g/mol. The standard InChI is InChI=1S/C18H24F3N3O5/c1-17(2,3)29-16(25)22-11-7-12-10(6-13(11)26-12)15-24-23-14(27-15)8-4-9(5-8)28-18(19,20)21/h8-13H,4-7H2,1-3H3,(H,22,25). The number of ether oxygens (including phenoxy) is 3. The van der Waals surface area contributed by atoms with Crippen LogP contribution < -0.4 is 5.32 Å². The molecule has 1 aromatic rings. The SMILES string of the molecule is CC(C)(C)OC(=O)NC1CC2OC1CC2c1nnc(C2CC(OC(F)(F)F)C2)o1. The smallest absolute Gasteiger partial charge is 0.444 e. The summed E-state index contributed by atoms with van der Waals surface area (Å²) >= 11 is 0.